The van der Waals surface area contributed by atoms with E-state index in [0.717, 1.165) is 29.5 Å². The van der Waals surface area contributed by atoms with Crippen molar-refractivity contribution in [3.63, 3.8) is 0 Å². The highest BCUT2D eigenvalue weighted by Crippen LogP contribution is 2.38. The summed E-state index contributed by atoms with van der Waals surface area (Å²) in [4.78, 5) is 25.5. The number of phenols is 1. The molecule has 1 saturated heterocycles. The fourth-order valence-corrected chi connectivity index (χ4v) is 5.05. The monoisotopic (exact) mass is 500 g/mol. The summed E-state index contributed by atoms with van der Waals surface area (Å²) in [7, 11) is 1.93. The first kappa shape index (κ1) is 22.9. The van der Waals surface area contributed by atoms with E-state index in [1.807, 2.05) is 58.6 Å². The van der Waals surface area contributed by atoms with Crippen LogP contribution in [-0.2, 0) is 4.79 Å². The summed E-state index contributed by atoms with van der Waals surface area (Å²) in [6.07, 6.45) is 3.30. The zero-order valence-corrected chi connectivity index (χ0v) is 20.3. The number of halogens is 1. The molecule has 188 valence electrons. The Morgan fingerprint density at radius 2 is 1.97 bits per heavy atom. The third-order valence-electron chi connectivity index (χ3n) is 6.84. The van der Waals surface area contributed by atoms with Gasteiger partial charge in [0.2, 0.25) is 5.91 Å². The van der Waals surface area contributed by atoms with Crippen molar-refractivity contribution in [1.82, 2.24) is 29.0 Å². The van der Waals surface area contributed by atoms with Gasteiger partial charge in [-0.15, -0.1) is 0 Å². The molecule has 1 unspecified atom stereocenters. The van der Waals surface area contributed by atoms with Gasteiger partial charge in [0.05, 0.1) is 18.0 Å². The summed E-state index contributed by atoms with van der Waals surface area (Å²) < 4.78 is 17.9. The number of anilines is 2. The normalized spacial score (nSPS) is 15.6. The van der Waals surface area contributed by atoms with E-state index in [-0.39, 0.29) is 23.5 Å². The molecule has 1 aliphatic rings. The minimum absolute atomic E-state index is 0.0128. The Balaban J connectivity index is 1.56. The van der Waals surface area contributed by atoms with E-state index in [1.54, 1.807) is 4.68 Å². The number of amides is 1. The van der Waals surface area contributed by atoms with Gasteiger partial charge in [0.1, 0.15) is 35.2 Å². The van der Waals surface area contributed by atoms with Crippen LogP contribution < -0.4 is 10.6 Å². The first-order valence-corrected chi connectivity index (χ1v) is 11.9. The van der Waals surface area contributed by atoms with E-state index in [9.17, 15) is 14.3 Å². The second-order valence-electron chi connectivity index (χ2n) is 9.33. The molecule has 4 aromatic heterocycles. The van der Waals surface area contributed by atoms with Crippen molar-refractivity contribution in [2.24, 2.45) is 0 Å². The number of hydrogen-bond acceptors (Lipinski definition) is 7. The van der Waals surface area contributed by atoms with Crippen molar-refractivity contribution in [3.8, 4) is 17.0 Å². The van der Waals surface area contributed by atoms with Crippen LogP contribution >= 0.6 is 0 Å². The molecule has 37 heavy (non-hydrogen) atoms. The number of likely N-dealkylation sites (N-methyl/N-ethyl adjacent to an activating group) is 1. The number of phenolic OH excluding ortho intramolecular Hbond substituents is 1. The van der Waals surface area contributed by atoms with Crippen molar-refractivity contribution in [1.29, 1.82) is 0 Å². The minimum atomic E-state index is -0.601. The summed E-state index contributed by atoms with van der Waals surface area (Å²) in [5.41, 5.74) is 9.22. The summed E-state index contributed by atoms with van der Waals surface area (Å²) in [5.74, 6) is 0.154. The number of nitrogens with zero attached hydrogens (tertiary/aromatic N) is 7. The lowest BCUT2D eigenvalue weighted by molar-refractivity contribution is -0.120. The molecular formula is C26H25FN8O2. The zero-order chi connectivity index (χ0) is 25.8. The number of hydrogen-bond donors (Lipinski definition) is 2. The maximum atomic E-state index is 14.2. The Bertz CT molecular complexity index is 1660. The number of rotatable bonds is 4. The number of aromatic nitrogens is 5. The SMILES string of the molecule is CC(c1cc2ccccn2c1N1CCN(C)CC1=O)n1nc(-c2cc(O)cc(F)c2)c2c(N)ncnc21. The van der Waals surface area contributed by atoms with E-state index < -0.39 is 5.82 Å². The van der Waals surface area contributed by atoms with Gasteiger partial charge in [0.15, 0.2) is 5.65 Å². The Morgan fingerprint density at radius 3 is 2.76 bits per heavy atom. The van der Waals surface area contributed by atoms with Crippen molar-refractivity contribution in [2.45, 2.75) is 13.0 Å². The lowest BCUT2D eigenvalue weighted by Gasteiger charge is -2.33. The van der Waals surface area contributed by atoms with Gasteiger partial charge in [-0.25, -0.2) is 19.0 Å². The third-order valence-corrected chi connectivity index (χ3v) is 6.84. The molecule has 1 aromatic carbocycles. The molecular weight excluding hydrogens is 475 g/mol. The number of fused-ring (bicyclic) bond motifs is 2. The highest BCUT2D eigenvalue weighted by molar-refractivity contribution is 5.99. The van der Waals surface area contributed by atoms with Crippen LogP contribution in [0.2, 0.25) is 0 Å². The molecule has 0 saturated carbocycles. The Hall–Kier alpha value is -4.51. The van der Waals surface area contributed by atoms with Gasteiger partial charge in [-0.2, -0.15) is 5.10 Å². The number of piperazine rings is 1. The Labute approximate surface area is 211 Å². The average molecular weight is 501 g/mol. The molecule has 0 bridgehead atoms. The highest BCUT2D eigenvalue weighted by Gasteiger charge is 2.31. The van der Waals surface area contributed by atoms with E-state index in [1.165, 1.54) is 18.5 Å². The molecule has 0 radical (unpaired) electrons. The van der Waals surface area contributed by atoms with Crippen molar-refractivity contribution in [3.05, 3.63) is 66.4 Å². The number of pyridine rings is 1. The number of carbonyl (C=O) groups is 1. The van der Waals surface area contributed by atoms with Gasteiger partial charge in [-0.05, 0) is 44.3 Å². The van der Waals surface area contributed by atoms with Gasteiger partial charge in [-0.1, -0.05) is 6.07 Å². The molecule has 5 aromatic rings. The zero-order valence-electron chi connectivity index (χ0n) is 20.3. The molecule has 1 atom stereocenters. The van der Waals surface area contributed by atoms with Crippen LogP contribution in [-0.4, -0.2) is 66.7 Å². The van der Waals surface area contributed by atoms with E-state index >= 15 is 0 Å². The molecule has 0 spiro atoms. The number of carbonyl (C=O) groups excluding carboxylic acids is 1. The molecule has 10 nitrogen and oxygen atoms in total. The molecule has 11 heteroatoms. The second kappa shape index (κ2) is 8.56. The Kier molecular flexibility index (Phi) is 5.30. The maximum absolute atomic E-state index is 14.2. The first-order valence-electron chi connectivity index (χ1n) is 11.9. The molecule has 3 N–H and O–H groups in total. The molecule has 1 aliphatic heterocycles. The fourth-order valence-electron chi connectivity index (χ4n) is 5.05. The lowest BCUT2D eigenvalue weighted by atomic mass is 10.1. The Morgan fingerprint density at radius 1 is 1.14 bits per heavy atom. The predicted molar refractivity (Wildman–Crippen MR) is 138 cm³/mol. The average Bonchev–Trinajstić information content (AvgIpc) is 3.43. The molecule has 1 fully saturated rings. The van der Waals surface area contributed by atoms with Crippen LogP contribution in [0.25, 0.3) is 27.8 Å². The van der Waals surface area contributed by atoms with Crippen LogP contribution in [0, 0.1) is 5.82 Å². The summed E-state index contributed by atoms with van der Waals surface area (Å²) in [6, 6.07) is 11.3. The summed E-state index contributed by atoms with van der Waals surface area (Å²) in [6.45, 7) is 3.60. The smallest absolute Gasteiger partial charge is 0.242 e. The molecule has 1 amide bonds. The van der Waals surface area contributed by atoms with E-state index in [0.29, 0.717) is 35.4 Å². The highest BCUT2D eigenvalue weighted by atomic mass is 19.1. The van der Waals surface area contributed by atoms with Gasteiger partial charge in [0.25, 0.3) is 0 Å². The van der Waals surface area contributed by atoms with Crippen molar-refractivity contribution in [2.75, 3.05) is 37.3 Å². The first-order chi connectivity index (χ1) is 17.8. The number of benzene rings is 1. The summed E-state index contributed by atoms with van der Waals surface area (Å²) in [5, 5.41) is 15.3. The van der Waals surface area contributed by atoms with Crippen molar-refractivity contribution >= 4 is 34.1 Å². The standard InChI is InChI=1S/C26H25FN8O2/c1-15(20-12-18-5-3-4-6-33(18)26(20)34-8-7-32(2)13-21(34)37)35-25-22(24(28)29-14-30-25)23(31-35)16-9-17(27)11-19(36)10-16/h3-6,9-12,14-15,36H,7-8,13H2,1-2H3,(H2,28,29,30). The topological polar surface area (TPSA) is 118 Å². The maximum Gasteiger partial charge on any atom is 0.242 e. The lowest BCUT2D eigenvalue weighted by Crippen LogP contribution is -2.49. The number of nitrogens with two attached hydrogens (primary N) is 1. The van der Waals surface area contributed by atoms with Gasteiger partial charge < -0.3 is 15.2 Å². The van der Waals surface area contributed by atoms with E-state index in [2.05, 4.69) is 9.97 Å². The summed E-state index contributed by atoms with van der Waals surface area (Å²) >= 11 is 0. The van der Waals surface area contributed by atoms with Gasteiger partial charge in [0, 0.05) is 42.0 Å². The van der Waals surface area contributed by atoms with Crippen LogP contribution in [0.5, 0.6) is 5.75 Å². The van der Waals surface area contributed by atoms with E-state index in [4.69, 9.17) is 10.8 Å². The number of aromatic hydroxyl groups is 1. The molecule has 0 aliphatic carbocycles. The van der Waals surface area contributed by atoms with Crippen LogP contribution in [0.1, 0.15) is 18.5 Å². The fraction of sp³-hybridized carbons (Fsp3) is 0.231. The quantitative estimate of drug-likeness (QED) is 0.389. The van der Waals surface area contributed by atoms with Crippen LogP contribution in [0.15, 0.2) is 55.0 Å². The number of nitrogen functional groups attached to an aromatic ring is 1. The van der Waals surface area contributed by atoms with Crippen LogP contribution in [0.4, 0.5) is 16.0 Å². The minimum Gasteiger partial charge on any atom is -0.508 e. The van der Waals surface area contributed by atoms with Gasteiger partial charge in [-0.3, -0.25) is 14.6 Å². The third kappa shape index (κ3) is 3.75. The second-order valence-corrected chi connectivity index (χ2v) is 9.33. The van der Waals surface area contributed by atoms with Crippen molar-refractivity contribution < 1.29 is 14.3 Å². The van der Waals surface area contributed by atoms with Crippen LogP contribution in [0.3, 0.4) is 0 Å². The molecule has 6 rings (SSSR count). The largest absolute Gasteiger partial charge is 0.508 e. The predicted octanol–water partition coefficient (Wildman–Crippen LogP) is 3.06. The molecule has 5 heterocycles. The van der Waals surface area contributed by atoms with Gasteiger partial charge >= 0.3 is 0 Å².